The van der Waals surface area contributed by atoms with E-state index in [2.05, 4.69) is 13.8 Å². The quantitative estimate of drug-likeness (QED) is 0.455. The van der Waals surface area contributed by atoms with Crippen molar-refractivity contribution in [2.45, 2.75) is 77.7 Å². The molecule has 18 heavy (non-hydrogen) atoms. The van der Waals surface area contributed by atoms with Crippen molar-refractivity contribution in [3.05, 3.63) is 0 Å². The van der Waals surface area contributed by atoms with E-state index in [1.54, 1.807) is 0 Å². The number of carbonyl (C=O) groups is 2. The number of carboxylic acids is 1. The molecule has 4 heteroatoms. The Labute approximate surface area is 110 Å². The Bertz CT molecular complexity index is 238. The van der Waals surface area contributed by atoms with Crippen LogP contribution in [0, 0.1) is 0 Å². The number of unbranched alkanes of at least 4 members (excludes halogenated alkanes) is 2. The predicted molar refractivity (Wildman–Crippen MR) is 70.4 cm³/mol. The summed E-state index contributed by atoms with van der Waals surface area (Å²) in [6.45, 7) is 4.20. The van der Waals surface area contributed by atoms with Gasteiger partial charge >= 0.3 is 11.9 Å². The van der Waals surface area contributed by atoms with Crippen LogP contribution in [0.1, 0.15) is 71.6 Å². The fourth-order valence-corrected chi connectivity index (χ4v) is 1.81. The van der Waals surface area contributed by atoms with Gasteiger partial charge in [0, 0.05) is 12.8 Å². The van der Waals surface area contributed by atoms with E-state index in [9.17, 15) is 9.59 Å². The Morgan fingerprint density at radius 2 is 1.67 bits per heavy atom. The third-order valence-electron chi connectivity index (χ3n) is 2.81. The molecule has 0 amide bonds. The number of carboxylic acid groups (broad SMARTS) is 1. The molecule has 0 aliphatic carbocycles. The highest BCUT2D eigenvalue weighted by molar-refractivity contribution is 5.70. The van der Waals surface area contributed by atoms with E-state index >= 15 is 0 Å². The summed E-state index contributed by atoms with van der Waals surface area (Å²) in [5, 5.41) is 8.48. The Kier molecular flexibility index (Phi) is 10.4. The molecule has 0 aromatic rings. The molecule has 0 spiro atoms. The van der Waals surface area contributed by atoms with E-state index in [4.69, 9.17) is 9.84 Å². The van der Waals surface area contributed by atoms with Gasteiger partial charge in [-0.3, -0.25) is 9.59 Å². The predicted octanol–water partition coefficient (Wildman–Crippen LogP) is 3.53. The number of aliphatic carboxylic acids is 1. The summed E-state index contributed by atoms with van der Waals surface area (Å²) in [6.07, 6.45) is 6.69. The van der Waals surface area contributed by atoms with Crippen molar-refractivity contribution in [2.24, 2.45) is 0 Å². The molecule has 0 rings (SSSR count). The molecule has 0 aromatic carbocycles. The first-order valence-corrected chi connectivity index (χ1v) is 7.01. The van der Waals surface area contributed by atoms with Gasteiger partial charge in [-0.15, -0.1) is 0 Å². The fourth-order valence-electron chi connectivity index (χ4n) is 1.81. The number of carbonyl (C=O) groups excluding carboxylic acids is 1. The minimum absolute atomic E-state index is 0.0434. The highest BCUT2D eigenvalue weighted by Gasteiger charge is 2.13. The highest BCUT2D eigenvalue weighted by Crippen LogP contribution is 2.13. The van der Waals surface area contributed by atoms with Crippen LogP contribution in [0.25, 0.3) is 0 Å². The van der Waals surface area contributed by atoms with Crippen molar-refractivity contribution in [1.82, 2.24) is 0 Å². The second-order valence-corrected chi connectivity index (χ2v) is 4.64. The van der Waals surface area contributed by atoms with Crippen LogP contribution in [0.5, 0.6) is 0 Å². The smallest absolute Gasteiger partial charge is 0.306 e. The molecule has 4 nitrogen and oxygen atoms in total. The third-order valence-corrected chi connectivity index (χ3v) is 2.81. The monoisotopic (exact) mass is 258 g/mol. The first kappa shape index (κ1) is 16.9. The lowest BCUT2D eigenvalue weighted by atomic mass is 10.1. The number of rotatable bonds is 11. The van der Waals surface area contributed by atoms with Gasteiger partial charge < -0.3 is 9.84 Å². The molecule has 0 bridgehead atoms. The van der Waals surface area contributed by atoms with Crippen LogP contribution in [0.2, 0.25) is 0 Å². The minimum Gasteiger partial charge on any atom is -0.481 e. The molecule has 0 saturated carbocycles. The van der Waals surface area contributed by atoms with Gasteiger partial charge in [-0.1, -0.05) is 33.1 Å². The molecule has 0 heterocycles. The maximum Gasteiger partial charge on any atom is 0.306 e. The molecule has 1 unspecified atom stereocenters. The lowest BCUT2D eigenvalue weighted by Gasteiger charge is -2.16. The van der Waals surface area contributed by atoms with Crippen molar-refractivity contribution < 1.29 is 19.4 Å². The Morgan fingerprint density at radius 3 is 2.22 bits per heavy atom. The third kappa shape index (κ3) is 10.1. The molecular weight excluding hydrogens is 232 g/mol. The van der Waals surface area contributed by atoms with E-state index in [-0.39, 0.29) is 18.5 Å². The van der Waals surface area contributed by atoms with Crippen LogP contribution in [0.4, 0.5) is 0 Å². The van der Waals surface area contributed by atoms with Gasteiger partial charge in [-0.2, -0.15) is 0 Å². The maximum absolute atomic E-state index is 11.6. The van der Waals surface area contributed by atoms with Crippen LogP contribution in [0.3, 0.4) is 0 Å². The average molecular weight is 258 g/mol. The minimum atomic E-state index is -0.810. The van der Waals surface area contributed by atoms with Gasteiger partial charge in [0.05, 0.1) is 0 Å². The number of esters is 1. The van der Waals surface area contributed by atoms with Crippen molar-refractivity contribution in [1.29, 1.82) is 0 Å². The molecule has 0 radical (unpaired) electrons. The zero-order valence-corrected chi connectivity index (χ0v) is 11.6. The molecule has 1 N–H and O–H groups in total. The highest BCUT2D eigenvalue weighted by atomic mass is 16.5. The van der Waals surface area contributed by atoms with Crippen LogP contribution in [0.15, 0.2) is 0 Å². The number of hydrogen-bond donors (Lipinski definition) is 1. The Balaban J connectivity index is 3.76. The average Bonchev–Trinajstić information content (AvgIpc) is 2.31. The summed E-state index contributed by atoms with van der Waals surface area (Å²) >= 11 is 0. The Morgan fingerprint density at radius 1 is 1.00 bits per heavy atom. The molecular formula is C14H26O4. The van der Waals surface area contributed by atoms with E-state index in [1.165, 1.54) is 0 Å². The second-order valence-electron chi connectivity index (χ2n) is 4.64. The Hall–Kier alpha value is -1.06. The standard InChI is InChI=1S/C14H26O4/c1-3-5-9-12(8-4-2)18-14(17)11-7-6-10-13(15)16/h12H,3-11H2,1-2H3,(H,15,16). The maximum atomic E-state index is 11.6. The van der Waals surface area contributed by atoms with Crippen molar-refractivity contribution in [3.63, 3.8) is 0 Å². The van der Waals surface area contributed by atoms with Crippen molar-refractivity contribution >= 4 is 11.9 Å². The molecule has 0 aliphatic rings. The van der Waals surface area contributed by atoms with Crippen LogP contribution in [-0.2, 0) is 14.3 Å². The topological polar surface area (TPSA) is 63.6 Å². The van der Waals surface area contributed by atoms with Crippen molar-refractivity contribution in [3.8, 4) is 0 Å². The normalized spacial score (nSPS) is 12.1. The molecule has 0 aliphatic heterocycles. The summed E-state index contributed by atoms with van der Waals surface area (Å²) in [5.74, 6) is -0.995. The number of hydrogen-bond acceptors (Lipinski definition) is 3. The van der Waals surface area contributed by atoms with Crippen LogP contribution >= 0.6 is 0 Å². The second kappa shape index (κ2) is 11.1. The van der Waals surface area contributed by atoms with Gasteiger partial charge in [-0.05, 0) is 25.7 Å². The summed E-state index contributed by atoms with van der Waals surface area (Å²) in [4.78, 5) is 21.9. The molecule has 1 atom stereocenters. The summed E-state index contributed by atoms with van der Waals surface area (Å²) in [7, 11) is 0. The molecule has 0 saturated heterocycles. The summed E-state index contributed by atoms with van der Waals surface area (Å²) in [6, 6.07) is 0. The van der Waals surface area contributed by atoms with Crippen molar-refractivity contribution in [2.75, 3.05) is 0 Å². The largest absolute Gasteiger partial charge is 0.481 e. The van der Waals surface area contributed by atoms with Gasteiger partial charge in [0.1, 0.15) is 6.10 Å². The molecule has 106 valence electrons. The SMILES string of the molecule is CCCCC(CCC)OC(=O)CCCCC(=O)O. The first-order valence-electron chi connectivity index (χ1n) is 7.01. The van der Waals surface area contributed by atoms with Gasteiger partial charge in [0.25, 0.3) is 0 Å². The van der Waals surface area contributed by atoms with E-state index in [0.717, 1.165) is 32.1 Å². The summed E-state index contributed by atoms with van der Waals surface area (Å²) < 4.78 is 5.41. The first-order chi connectivity index (χ1) is 8.60. The summed E-state index contributed by atoms with van der Waals surface area (Å²) in [5.41, 5.74) is 0. The van der Waals surface area contributed by atoms with Crippen LogP contribution in [-0.4, -0.2) is 23.1 Å². The van der Waals surface area contributed by atoms with Gasteiger partial charge in [0.2, 0.25) is 0 Å². The number of ether oxygens (including phenoxy) is 1. The zero-order valence-electron chi connectivity index (χ0n) is 11.6. The fraction of sp³-hybridized carbons (Fsp3) is 0.857. The zero-order chi connectivity index (χ0) is 13.8. The van der Waals surface area contributed by atoms with E-state index < -0.39 is 5.97 Å². The van der Waals surface area contributed by atoms with Crippen LogP contribution < -0.4 is 0 Å². The molecule has 0 fully saturated rings. The molecule has 0 aromatic heterocycles. The lowest BCUT2D eigenvalue weighted by Crippen LogP contribution is -2.18. The lowest BCUT2D eigenvalue weighted by molar-refractivity contribution is -0.150. The van der Waals surface area contributed by atoms with Gasteiger partial charge in [-0.25, -0.2) is 0 Å². The van der Waals surface area contributed by atoms with E-state index in [1.807, 2.05) is 0 Å². The van der Waals surface area contributed by atoms with Gasteiger partial charge in [0.15, 0.2) is 0 Å². The van der Waals surface area contributed by atoms with E-state index in [0.29, 0.717) is 19.3 Å².